The van der Waals surface area contributed by atoms with Crippen LogP contribution >= 0.6 is 11.6 Å². The third-order valence-corrected chi connectivity index (χ3v) is 3.13. The van der Waals surface area contributed by atoms with Crippen molar-refractivity contribution in [3.8, 4) is 0 Å². The molecule has 0 aromatic heterocycles. The van der Waals surface area contributed by atoms with E-state index in [9.17, 15) is 0 Å². The molecule has 13 heavy (non-hydrogen) atoms. The Morgan fingerprint density at radius 2 is 2.23 bits per heavy atom. The average molecular weight is 196 g/mol. The lowest BCUT2D eigenvalue weighted by Gasteiger charge is -2.26. The summed E-state index contributed by atoms with van der Waals surface area (Å²) < 4.78 is 0. The highest BCUT2D eigenvalue weighted by molar-refractivity contribution is 6.31. The molecule has 1 aliphatic rings. The molecule has 0 fully saturated rings. The molecule has 2 rings (SSSR count). The van der Waals surface area contributed by atoms with Crippen LogP contribution in [0.15, 0.2) is 12.1 Å². The Balaban J connectivity index is 2.48. The van der Waals surface area contributed by atoms with Gasteiger partial charge in [0.2, 0.25) is 0 Å². The first-order valence-corrected chi connectivity index (χ1v) is 5.11. The van der Waals surface area contributed by atoms with Crippen LogP contribution in [0, 0.1) is 6.92 Å². The first-order valence-electron chi connectivity index (χ1n) is 4.73. The first-order chi connectivity index (χ1) is 6.18. The van der Waals surface area contributed by atoms with Crippen LogP contribution in [0.25, 0.3) is 0 Å². The lowest BCUT2D eigenvalue weighted by molar-refractivity contribution is 0.679. The second-order valence-electron chi connectivity index (χ2n) is 3.79. The minimum Gasteiger partial charge on any atom is -0.382 e. The zero-order chi connectivity index (χ0) is 9.42. The average Bonchev–Trinajstić information content (AvgIpc) is 2.12. The largest absolute Gasteiger partial charge is 0.382 e. The van der Waals surface area contributed by atoms with Crippen molar-refractivity contribution in [2.75, 3.05) is 5.32 Å². The second-order valence-corrected chi connectivity index (χ2v) is 4.20. The second kappa shape index (κ2) is 3.22. The number of aryl methyl sites for hydroxylation is 1. The molecule has 2 heteroatoms. The van der Waals surface area contributed by atoms with Crippen LogP contribution < -0.4 is 5.32 Å². The van der Waals surface area contributed by atoms with E-state index in [2.05, 4.69) is 25.2 Å². The molecular weight excluding hydrogens is 182 g/mol. The van der Waals surface area contributed by atoms with E-state index in [4.69, 9.17) is 11.6 Å². The molecule has 1 heterocycles. The molecule has 1 nitrogen and oxygen atoms in total. The summed E-state index contributed by atoms with van der Waals surface area (Å²) in [4.78, 5) is 0. The van der Waals surface area contributed by atoms with E-state index in [-0.39, 0.29) is 0 Å². The van der Waals surface area contributed by atoms with E-state index in [1.807, 2.05) is 6.07 Å². The molecule has 1 aromatic carbocycles. The summed E-state index contributed by atoms with van der Waals surface area (Å²) in [5.41, 5.74) is 3.84. The van der Waals surface area contributed by atoms with Gasteiger partial charge in [-0.15, -0.1) is 0 Å². The van der Waals surface area contributed by atoms with E-state index < -0.39 is 0 Å². The molecule has 0 amide bonds. The molecule has 0 radical (unpaired) electrons. The fourth-order valence-electron chi connectivity index (χ4n) is 1.84. The van der Waals surface area contributed by atoms with E-state index in [1.54, 1.807) is 0 Å². The van der Waals surface area contributed by atoms with E-state index in [0.717, 1.165) is 5.02 Å². The van der Waals surface area contributed by atoms with E-state index >= 15 is 0 Å². The topological polar surface area (TPSA) is 12.0 Å². The van der Waals surface area contributed by atoms with Crippen LogP contribution in [-0.2, 0) is 6.42 Å². The number of anilines is 1. The summed E-state index contributed by atoms with van der Waals surface area (Å²) in [6.45, 7) is 4.29. The summed E-state index contributed by atoms with van der Waals surface area (Å²) in [6, 6.07) is 4.70. The monoisotopic (exact) mass is 195 g/mol. The maximum Gasteiger partial charge on any atom is 0.0455 e. The van der Waals surface area contributed by atoms with Gasteiger partial charge in [0.1, 0.15) is 0 Å². The lowest BCUT2D eigenvalue weighted by atomic mass is 9.96. The van der Waals surface area contributed by atoms with Crippen molar-refractivity contribution in [2.24, 2.45) is 0 Å². The number of hydrogen-bond donors (Lipinski definition) is 1. The molecule has 0 saturated heterocycles. The van der Waals surface area contributed by atoms with E-state index in [1.165, 1.54) is 29.7 Å². The van der Waals surface area contributed by atoms with E-state index in [0.29, 0.717) is 6.04 Å². The highest BCUT2D eigenvalue weighted by Crippen LogP contribution is 2.32. The molecule has 1 aliphatic heterocycles. The smallest absolute Gasteiger partial charge is 0.0455 e. The highest BCUT2D eigenvalue weighted by Gasteiger charge is 2.16. The maximum atomic E-state index is 6.05. The third kappa shape index (κ3) is 1.53. The zero-order valence-electron chi connectivity index (χ0n) is 8.02. The van der Waals surface area contributed by atoms with Gasteiger partial charge < -0.3 is 5.32 Å². The molecule has 0 saturated carbocycles. The summed E-state index contributed by atoms with van der Waals surface area (Å²) in [5.74, 6) is 0. The summed E-state index contributed by atoms with van der Waals surface area (Å²) in [5, 5.41) is 4.35. The van der Waals surface area contributed by atoms with Gasteiger partial charge in [-0.3, -0.25) is 0 Å². The van der Waals surface area contributed by atoms with Crippen LogP contribution in [0.2, 0.25) is 5.02 Å². The fourth-order valence-corrected chi connectivity index (χ4v) is 2.00. The number of nitrogens with one attached hydrogen (secondary N) is 1. The Morgan fingerprint density at radius 1 is 1.46 bits per heavy atom. The van der Waals surface area contributed by atoms with Gasteiger partial charge in [-0.2, -0.15) is 0 Å². The standard InChI is InChI=1S/C11H14ClN/c1-7-3-4-9-5-6-10(12)8(2)11(9)13-7/h5-7,13H,3-4H2,1-2H3. The van der Waals surface area contributed by atoms with Crippen molar-refractivity contribution in [3.05, 3.63) is 28.3 Å². The molecule has 1 unspecified atom stereocenters. The van der Waals surface area contributed by atoms with Gasteiger partial charge in [-0.25, -0.2) is 0 Å². The Kier molecular flexibility index (Phi) is 2.20. The molecule has 70 valence electrons. The Labute approximate surface area is 84.1 Å². The van der Waals surface area contributed by atoms with Gasteiger partial charge in [0, 0.05) is 16.8 Å². The minimum atomic E-state index is 0.574. The molecule has 0 aliphatic carbocycles. The third-order valence-electron chi connectivity index (χ3n) is 2.72. The van der Waals surface area contributed by atoms with Crippen LogP contribution in [0.4, 0.5) is 5.69 Å². The lowest BCUT2D eigenvalue weighted by Crippen LogP contribution is -2.22. The Hall–Kier alpha value is -0.690. The van der Waals surface area contributed by atoms with Gasteiger partial charge in [-0.1, -0.05) is 17.7 Å². The highest BCUT2D eigenvalue weighted by atomic mass is 35.5. The Bertz CT molecular complexity index is 333. The van der Waals surface area contributed by atoms with Gasteiger partial charge in [0.05, 0.1) is 0 Å². The molecular formula is C11H14ClN. The number of fused-ring (bicyclic) bond motifs is 1. The van der Waals surface area contributed by atoms with Crippen molar-refractivity contribution >= 4 is 17.3 Å². The normalized spacial score (nSPS) is 20.7. The van der Waals surface area contributed by atoms with Crippen LogP contribution in [0.5, 0.6) is 0 Å². The summed E-state index contributed by atoms with van der Waals surface area (Å²) in [6.07, 6.45) is 2.38. The van der Waals surface area contributed by atoms with Gasteiger partial charge in [-0.05, 0) is 43.9 Å². The van der Waals surface area contributed by atoms with Gasteiger partial charge in [0.25, 0.3) is 0 Å². The molecule has 1 N–H and O–H groups in total. The van der Waals surface area contributed by atoms with Crippen molar-refractivity contribution in [1.29, 1.82) is 0 Å². The zero-order valence-corrected chi connectivity index (χ0v) is 8.78. The first kappa shape index (κ1) is 8.89. The fraction of sp³-hybridized carbons (Fsp3) is 0.455. The number of hydrogen-bond acceptors (Lipinski definition) is 1. The quantitative estimate of drug-likeness (QED) is 0.669. The molecule has 1 atom stereocenters. The minimum absolute atomic E-state index is 0.574. The van der Waals surface area contributed by atoms with Crippen molar-refractivity contribution in [1.82, 2.24) is 0 Å². The number of rotatable bonds is 0. The summed E-state index contributed by atoms with van der Waals surface area (Å²) in [7, 11) is 0. The van der Waals surface area contributed by atoms with Crippen molar-refractivity contribution < 1.29 is 0 Å². The van der Waals surface area contributed by atoms with Crippen molar-refractivity contribution in [2.45, 2.75) is 32.7 Å². The number of halogens is 1. The predicted molar refractivity (Wildman–Crippen MR) is 57.6 cm³/mol. The SMILES string of the molecule is Cc1c(Cl)ccc2c1NC(C)CC2. The Morgan fingerprint density at radius 3 is 3.00 bits per heavy atom. The van der Waals surface area contributed by atoms with Crippen LogP contribution in [0.3, 0.4) is 0 Å². The molecule has 0 spiro atoms. The predicted octanol–water partition coefficient (Wildman–Crippen LogP) is 3.40. The number of benzene rings is 1. The van der Waals surface area contributed by atoms with Gasteiger partial charge >= 0.3 is 0 Å². The van der Waals surface area contributed by atoms with Crippen LogP contribution in [0.1, 0.15) is 24.5 Å². The van der Waals surface area contributed by atoms with Gasteiger partial charge in [0.15, 0.2) is 0 Å². The summed E-state index contributed by atoms with van der Waals surface area (Å²) >= 11 is 6.05. The molecule has 1 aromatic rings. The maximum absolute atomic E-state index is 6.05. The van der Waals surface area contributed by atoms with Crippen LogP contribution in [-0.4, -0.2) is 6.04 Å². The molecule has 0 bridgehead atoms. The van der Waals surface area contributed by atoms with Crippen molar-refractivity contribution in [3.63, 3.8) is 0 Å².